The molecule has 0 bridgehead atoms. The zero-order valence-electron chi connectivity index (χ0n) is 19.9. The van der Waals surface area contributed by atoms with E-state index in [1.165, 1.54) is 10.9 Å². The number of ether oxygens (including phenoxy) is 2. The van der Waals surface area contributed by atoms with Gasteiger partial charge >= 0.3 is 5.69 Å². The summed E-state index contributed by atoms with van der Waals surface area (Å²) in [6, 6.07) is 28.7. The Labute approximate surface area is 208 Å². The third kappa shape index (κ3) is 5.13. The number of fused-ring (bicyclic) bond motifs is 1. The minimum Gasteiger partial charge on any atom is -0.491 e. The third-order valence-corrected chi connectivity index (χ3v) is 5.76. The van der Waals surface area contributed by atoms with Gasteiger partial charge in [0.05, 0.1) is 12.3 Å². The fourth-order valence-corrected chi connectivity index (χ4v) is 4.07. The predicted molar refractivity (Wildman–Crippen MR) is 138 cm³/mol. The summed E-state index contributed by atoms with van der Waals surface area (Å²) in [5, 5.41) is 0. The predicted octanol–water partition coefficient (Wildman–Crippen LogP) is 4.14. The highest BCUT2D eigenvalue weighted by Crippen LogP contribution is 2.26. The van der Waals surface area contributed by atoms with Crippen LogP contribution in [0.25, 0.3) is 16.9 Å². The van der Waals surface area contributed by atoms with Crippen LogP contribution in [-0.2, 0) is 17.8 Å². The maximum absolute atomic E-state index is 13.1. The molecule has 5 rings (SSSR count). The Morgan fingerprint density at radius 1 is 0.917 bits per heavy atom. The maximum Gasteiger partial charge on any atom is 0.332 e. The number of hydrogen-bond donors (Lipinski definition) is 1. The molecule has 0 saturated carbocycles. The summed E-state index contributed by atoms with van der Waals surface area (Å²) in [5.74, 6) is 1.24. The highest BCUT2D eigenvalue weighted by molar-refractivity contribution is 5.84. The van der Waals surface area contributed by atoms with E-state index in [-0.39, 0.29) is 5.69 Å². The minimum atomic E-state index is -0.299. The van der Waals surface area contributed by atoms with E-state index in [0.717, 1.165) is 11.1 Å². The van der Waals surface area contributed by atoms with Crippen LogP contribution in [0.5, 0.6) is 5.75 Å². The molecule has 1 radical (unpaired) electrons. The van der Waals surface area contributed by atoms with Gasteiger partial charge in [0.25, 0.3) is 0 Å². The summed E-state index contributed by atoms with van der Waals surface area (Å²) in [5.41, 5.74) is 3.69. The van der Waals surface area contributed by atoms with Crippen molar-refractivity contribution in [1.29, 1.82) is 0 Å². The van der Waals surface area contributed by atoms with Crippen LogP contribution in [0, 0.1) is 6.07 Å². The minimum absolute atomic E-state index is 0.299. The molecule has 0 aliphatic rings. The zero-order chi connectivity index (χ0) is 24.7. The van der Waals surface area contributed by atoms with Crippen LogP contribution in [0.3, 0.4) is 0 Å². The van der Waals surface area contributed by atoms with Gasteiger partial charge in [-0.1, -0.05) is 60.7 Å². The number of nitrogens with zero attached hydrogens (tertiary/aromatic N) is 4. The molecule has 2 heterocycles. The molecular formula is C28H26N5O3. The van der Waals surface area contributed by atoms with Crippen molar-refractivity contribution >= 4 is 17.0 Å². The van der Waals surface area contributed by atoms with Crippen molar-refractivity contribution in [1.82, 2.24) is 19.5 Å². The van der Waals surface area contributed by atoms with Gasteiger partial charge in [-0.05, 0) is 29.3 Å². The topological polar surface area (TPSA) is 85.3 Å². The first-order valence-corrected chi connectivity index (χ1v) is 11.7. The van der Waals surface area contributed by atoms with Crippen LogP contribution in [0.1, 0.15) is 11.1 Å². The van der Waals surface area contributed by atoms with Crippen molar-refractivity contribution in [3.63, 3.8) is 0 Å². The molecule has 2 aromatic heterocycles. The number of methoxy groups -OCH3 is 1. The molecule has 0 amide bonds. The number of imidazole rings is 1. The first-order chi connectivity index (χ1) is 17.7. The third-order valence-electron chi connectivity index (χ3n) is 5.76. The van der Waals surface area contributed by atoms with Crippen LogP contribution in [0.2, 0.25) is 0 Å². The summed E-state index contributed by atoms with van der Waals surface area (Å²) in [6.45, 7) is 2.15. The van der Waals surface area contributed by atoms with E-state index in [1.807, 2.05) is 36.4 Å². The average molecular weight is 481 g/mol. The van der Waals surface area contributed by atoms with Gasteiger partial charge in [0.1, 0.15) is 24.2 Å². The first kappa shape index (κ1) is 23.3. The van der Waals surface area contributed by atoms with Crippen molar-refractivity contribution < 1.29 is 9.47 Å². The van der Waals surface area contributed by atoms with Gasteiger partial charge in [-0.25, -0.2) is 19.3 Å². The highest BCUT2D eigenvalue weighted by Gasteiger charge is 2.19. The molecule has 1 N–H and O–H groups in total. The standard InChI is InChI=1S/C28H26N5O3/c1-35-16-17-36-24-14-12-23(13-15-24)33-27-25(31-28(33)34)26(29-20-30-27)32(18-21-8-4-2-5-9-21)19-22-10-6-3-7-11-22/h2-14,20H,16-19H2,1H3,(H,31,34). The van der Waals surface area contributed by atoms with Crippen LogP contribution >= 0.6 is 0 Å². The largest absolute Gasteiger partial charge is 0.491 e. The lowest BCUT2D eigenvalue weighted by Gasteiger charge is -2.24. The number of H-pyrrole nitrogens is 1. The molecule has 36 heavy (non-hydrogen) atoms. The van der Waals surface area contributed by atoms with Crippen molar-refractivity contribution in [3.05, 3.63) is 113 Å². The molecule has 0 fully saturated rings. The molecule has 181 valence electrons. The van der Waals surface area contributed by atoms with Gasteiger partial charge in [0, 0.05) is 26.3 Å². The van der Waals surface area contributed by atoms with Gasteiger partial charge in [0.15, 0.2) is 11.5 Å². The first-order valence-electron chi connectivity index (χ1n) is 11.7. The number of benzene rings is 3. The van der Waals surface area contributed by atoms with Crippen LogP contribution in [0.15, 0.2) is 90.0 Å². The van der Waals surface area contributed by atoms with Crippen molar-refractivity contribution in [2.24, 2.45) is 0 Å². The van der Waals surface area contributed by atoms with E-state index in [1.54, 1.807) is 25.3 Å². The molecule has 3 aromatic carbocycles. The number of aromatic amines is 1. The summed E-state index contributed by atoms with van der Waals surface area (Å²) < 4.78 is 12.1. The SMILES string of the molecule is COCCOc1[c]cc(-n2c(=O)[nH]c3c(N(Cc4ccccc4)Cc4ccccc4)ncnc32)cc1. The summed E-state index contributed by atoms with van der Waals surface area (Å²) in [6.07, 6.45) is 1.50. The molecule has 0 saturated heterocycles. The summed E-state index contributed by atoms with van der Waals surface area (Å²) in [4.78, 5) is 27.3. The molecule has 0 atom stereocenters. The number of hydrogen-bond acceptors (Lipinski definition) is 6. The molecule has 0 unspecified atom stereocenters. The second kappa shape index (κ2) is 10.9. The van der Waals surface area contributed by atoms with Gasteiger partial charge in [-0.15, -0.1) is 0 Å². The monoisotopic (exact) mass is 480 g/mol. The van der Waals surface area contributed by atoms with Gasteiger partial charge in [-0.3, -0.25) is 0 Å². The lowest BCUT2D eigenvalue weighted by atomic mass is 10.1. The Kier molecular flexibility index (Phi) is 7.05. The lowest BCUT2D eigenvalue weighted by molar-refractivity contribution is 0.146. The second-order valence-corrected chi connectivity index (χ2v) is 8.24. The Balaban J connectivity index is 1.52. The number of nitrogens with one attached hydrogen (secondary N) is 1. The number of rotatable bonds is 10. The van der Waals surface area contributed by atoms with Crippen LogP contribution < -0.4 is 15.3 Å². The maximum atomic E-state index is 13.1. The highest BCUT2D eigenvalue weighted by atomic mass is 16.5. The van der Waals surface area contributed by atoms with E-state index in [9.17, 15) is 4.79 Å². The zero-order valence-corrected chi connectivity index (χ0v) is 19.9. The van der Waals surface area contributed by atoms with E-state index in [2.05, 4.69) is 50.2 Å². The summed E-state index contributed by atoms with van der Waals surface area (Å²) in [7, 11) is 1.62. The fraction of sp³-hybridized carbons (Fsp3) is 0.179. The van der Waals surface area contributed by atoms with E-state index >= 15 is 0 Å². The Hall–Kier alpha value is -4.43. The fourth-order valence-electron chi connectivity index (χ4n) is 4.07. The normalized spacial score (nSPS) is 11.0. The van der Waals surface area contributed by atoms with Crippen molar-refractivity contribution in [2.75, 3.05) is 25.2 Å². The Bertz CT molecular complexity index is 1420. The molecule has 0 spiro atoms. The van der Waals surface area contributed by atoms with Crippen LogP contribution in [-0.4, -0.2) is 39.8 Å². The van der Waals surface area contributed by atoms with E-state index in [4.69, 9.17) is 9.47 Å². The molecule has 0 aliphatic heterocycles. The second-order valence-electron chi connectivity index (χ2n) is 8.24. The Morgan fingerprint density at radius 2 is 1.61 bits per heavy atom. The summed E-state index contributed by atoms with van der Waals surface area (Å²) >= 11 is 0. The molecular weight excluding hydrogens is 454 g/mol. The molecule has 8 heteroatoms. The Morgan fingerprint density at radius 3 is 2.22 bits per heavy atom. The van der Waals surface area contributed by atoms with Gasteiger partial charge in [0.2, 0.25) is 0 Å². The quantitative estimate of drug-likeness (QED) is 0.303. The number of anilines is 1. The molecule has 0 aliphatic carbocycles. The van der Waals surface area contributed by atoms with Crippen molar-refractivity contribution in [3.8, 4) is 11.4 Å². The van der Waals surface area contributed by atoms with E-state index < -0.39 is 0 Å². The lowest BCUT2D eigenvalue weighted by Crippen LogP contribution is -2.23. The van der Waals surface area contributed by atoms with Gasteiger partial charge in [-0.2, -0.15) is 0 Å². The molecule has 5 aromatic rings. The number of aromatic nitrogens is 4. The van der Waals surface area contributed by atoms with E-state index in [0.29, 0.717) is 54.7 Å². The smallest absolute Gasteiger partial charge is 0.332 e. The molecule has 8 nitrogen and oxygen atoms in total. The van der Waals surface area contributed by atoms with Crippen LogP contribution in [0.4, 0.5) is 5.82 Å². The van der Waals surface area contributed by atoms with Gasteiger partial charge < -0.3 is 19.4 Å². The van der Waals surface area contributed by atoms with Crippen molar-refractivity contribution in [2.45, 2.75) is 13.1 Å². The average Bonchev–Trinajstić information content (AvgIpc) is 3.26.